The zero-order chi connectivity index (χ0) is 48.1. The van der Waals surface area contributed by atoms with Crippen LogP contribution in [-0.4, -0.2) is 6.15 Å². The quantitative estimate of drug-likeness (QED) is 0.0516. The van der Waals surface area contributed by atoms with Crippen molar-refractivity contribution in [2.24, 2.45) is 0 Å². The van der Waals surface area contributed by atoms with Gasteiger partial charge in [-0.2, -0.15) is 9.83 Å². The van der Waals surface area contributed by atoms with Crippen molar-refractivity contribution in [1.29, 1.82) is 5.26 Å². The fraction of sp³-hybridized carbons (Fsp3) is 0.0476. The van der Waals surface area contributed by atoms with Crippen molar-refractivity contribution in [2.45, 2.75) is 13.0 Å². The van der Waals surface area contributed by atoms with Gasteiger partial charge in [0.2, 0.25) is 5.52 Å². The average molecular weight is 938 g/mol. The molecule has 0 amide bonds. The molecule has 0 aliphatic carbocycles. The van der Waals surface area contributed by atoms with Crippen molar-refractivity contribution >= 4 is 38.9 Å². The number of para-hydroxylation sites is 1. The SMILES string of the molecule is Fc1c(F)c(F)c([B-](c2c(F)c(F)c(F)c(F)c2F)(c2c(F)c(F)c(F)c(F)c2F)c2c(F)c(F)c(F)c(F)c2F)c(F)c1F.N#CCc1ccc2ccccc2[n+]1Cc1ccccc1. The lowest BCUT2D eigenvalue weighted by atomic mass is 9.12. The highest BCUT2D eigenvalue weighted by Gasteiger charge is 2.52. The first kappa shape index (κ1) is 47.4. The van der Waals surface area contributed by atoms with E-state index in [1.807, 2.05) is 30.3 Å². The molecule has 0 saturated carbocycles. The van der Waals surface area contributed by atoms with Crippen molar-refractivity contribution in [3.8, 4) is 6.07 Å². The van der Waals surface area contributed by atoms with Gasteiger partial charge in [0.25, 0.3) is 0 Å². The third-order valence-corrected chi connectivity index (χ3v) is 10.2. The Kier molecular flexibility index (Phi) is 13.0. The first-order chi connectivity index (χ1) is 30.6. The molecule has 0 radical (unpaired) electrons. The summed E-state index contributed by atoms with van der Waals surface area (Å²) < 4.78 is 296. The maximum Gasteiger partial charge on any atom is 0.213 e. The molecule has 0 saturated heterocycles. The third-order valence-electron chi connectivity index (χ3n) is 10.2. The first-order valence-electron chi connectivity index (χ1n) is 17.6. The lowest BCUT2D eigenvalue weighted by molar-refractivity contribution is -0.669. The maximum absolute atomic E-state index is 15.4. The number of nitrogens with zero attached hydrogens (tertiary/aromatic N) is 2. The number of rotatable bonds is 7. The van der Waals surface area contributed by atoms with Gasteiger partial charge in [0, 0.05) is 23.1 Å². The molecule has 0 bridgehead atoms. The second kappa shape index (κ2) is 17.8. The fourth-order valence-electron chi connectivity index (χ4n) is 7.37. The molecular formula is C42H15BF20N2. The van der Waals surface area contributed by atoms with Crippen LogP contribution in [-0.2, 0) is 13.0 Å². The van der Waals surface area contributed by atoms with Crippen LogP contribution in [0.2, 0.25) is 0 Å². The monoisotopic (exact) mass is 938 g/mol. The van der Waals surface area contributed by atoms with Gasteiger partial charge in [0.15, 0.2) is 82.0 Å². The Morgan fingerprint density at radius 2 is 0.646 bits per heavy atom. The van der Waals surface area contributed by atoms with Gasteiger partial charge in [0.05, 0.1) is 6.07 Å². The summed E-state index contributed by atoms with van der Waals surface area (Å²) in [4.78, 5) is 0. The van der Waals surface area contributed by atoms with Gasteiger partial charge >= 0.3 is 0 Å². The van der Waals surface area contributed by atoms with E-state index in [0.717, 1.165) is 12.2 Å². The standard InChI is InChI=1S/C24BF20.C18H15N2/c26-5-1(6(27)14(35)21(42)13(5)34)25(2-7(28)15(36)22(43)16(37)8(2)29,3-9(30)17(38)23(44)18(39)10(3)31)4-11(32)19(40)24(45)20(41)12(4)33;19-13-12-17-11-10-16-8-4-5-9-18(16)20(17)14-15-6-2-1-3-7-15/h;1-11H,12,14H2/q-1;+1. The highest BCUT2D eigenvalue weighted by atomic mass is 19.2. The summed E-state index contributed by atoms with van der Waals surface area (Å²) in [7, 11) is 0. The summed E-state index contributed by atoms with van der Waals surface area (Å²) >= 11 is 0. The fourth-order valence-corrected chi connectivity index (χ4v) is 7.37. The number of hydrogen-bond acceptors (Lipinski definition) is 1. The normalized spacial score (nSPS) is 11.5. The average Bonchev–Trinajstić information content (AvgIpc) is 3.30. The molecule has 0 fully saturated rings. The zero-order valence-electron chi connectivity index (χ0n) is 31.3. The van der Waals surface area contributed by atoms with E-state index in [9.17, 15) is 52.7 Å². The Hall–Kier alpha value is -7.12. The number of halogens is 20. The van der Waals surface area contributed by atoms with Gasteiger partial charge in [-0.15, -0.1) is 21.9 Å². The van der Waals surface area contributed by atoms with E-state index in [0.29, 0.717) is 6.42 Å². The molecule has 0 aliphatic heterocycles. The van der Waals surface area contributed by atoms with Gasteiger partial charge in [-0.25, -0.2) is 87.8 Å². The summed E-state index contributed by atoms with van der Waals surface area (Å²) in [5.74, 6) is -71.4. The van der Waals surface area contributed by atoms with Crippen LogP contribution in [0.4, 0.5) is 87.8 Å². The highest BCUT2D eigenvalue weighted by Crippen LogP contribution is 2.31. The van der Waals surface area contributed by atoms with E-state index < -0.39 is 144 Å². The van der Waals surface area contributed by atoms with Crippen LogP contribution in [0.5, 0.6) is 0 Å². The van der Waals surface area contributed by atoms with E-state index in [-0.39, 0.29) is 0 Å². The van der Waals surface area contributed by atoms with Crippen molar-refractivity contribution < 1.29 is 92.4 Å². The summed E-state index contributed by atoms with van der Waals surface area (Å²) in [5, 5.41) is 10.2. The van der Waals surface area contributed by atoms with Crippen LogP contribution >= 0.6 is 0 Å². The maximum atomic E-state index is 15.4. The Morgan fingerprint density at radius 3 is 0.969 bits per heavy atom. The molecule has 7 aromatic rings. The van der Waals surface area contributed by atoms with Crippen LogP contribution in [0, 0.1) is 128 Å². The predicted octanol–water partition coefficient (Wildman–Crippen LogP) is 9.09. The van der Waals surface area contributed by atoms with Crippen LogP contribution < -0.4 is 26.4 Å². The predicted molar refractivity (Wildman–Crippen MR) is 188 cm³/mol. The van der Waals surface area contributed by atoms with Gasteiger partial charge in [-0.05, 0) is 12.1 Å². The number of aromatic nitrogens is 1. The Morgan fingerprint density at radius 1 is 0.354 bits per heavy atom. The molecule has 1 aromatic heterocycles. The smallest absolute Gasteiger partial charge is 0.207 e. The van der Waals surface area contributed by atoms with Crippen molar-refractivity contribution in [1.82, 2.24) is 0 Å². The largest absolute Gasteiger partial charge is 0.213 e. The van der Waals surface area contributed by atoms with Gasteiger partial charge < -0.3 is 0 Å². The number of fused-ring (bicyclic) bond motifs is 1. The van der Waals surface area contributed by atoms with Gasteiger partial charge in [-0.1, -0.05) is 42.5 Å². The molecule has 2 nitrogen and oxygen atoms in total. The molecule has 0 N–H and O–H groups in total. The summed E-state index contributed by atoms with van der Waals surface area (Å²) in [6, 6.07) is 25.0. The van der Waals surface area contributed by atoms with Gasteiger partial charge in [-0.3, -0.25) is 0 Å². The van der Waals surface area contributed by atoms with Crippen molar-refractivity contribution in [2.75, 3.05) is 0 Å². The van der Waals surface area contributed by atoms with Crippen LogP contribution in [0.15, 0.2) is 66.7 Å². The lowest BCUT2D eigenvalue weighted by Crippen LogP contribution is -2.81. The molecule has 7 rings (SSSR count). The number of pyridine rings is 1. The molecular weight excluding hydrogens is 923 g/mol. The summed E-state index contributed by atoms with van der Waals surface area (Å²) in [5.41, 5.74) is -10.9. The number of benzene rings is 6. The molecule has 23 heteroatoms. The van der Waals surface area contributed by atoms with Crippen LogP contribution in [0.3, 0.4) is 0 Å². The van der Waals surface area contributed by atoms with E-state index in [4.69, 9.17) is 5.26 Å². The van der Waals surface area contributed by atoms with Crippen molar-refractivity contribution in [3.63, 3.8) is 0 Å². The van der Waals surface area contributed by atoms with E-state index >= 15 is 35.1 Å². The second-order valence-corrected chi connectivity index (χ2v) is 13.6. The Labute approximate surface area is 349 Å². The molecule has 0 atom stereocenters. The first-order valence-corrected chi connectivity index (χ1v) is 17.6. The molecule has 1 heterocycles. The molecule has 0 unspecified atom stereocenters. The minimum Gasteiger partial charge on any atom is -0.207 e. The highest BCUT2D eigenvalue weighted by molar-refractivity contribution is 7.20. The van der Waals surface area contributed by atoms with Crippen molar-refractivity contribution in [3.05, 3.63) is 194 Å². The molecule has 0 aliphatic rings. The molecule has 0 spiro atoms. The van der Waals surface area contributed by atoms with Crippen LogP contribution in [0.1, 0.15) is 11.3 Å². The Bertz CT molecular complexity index is 2740. The zero-order valence-corrected chi connectivity index (χ0v) is 31.3. The molecule has 6 aromatic carbocycles. The van der Waals surface area contributed by atoms with E-state index in [1.165, 1.54) is 16.5 Å². The van der Waals surface area contributed by atoms with E-state index in [2.05, 4.69) is 47.0 Å². The minimum atomic E-state index is -7.22. The minimum absolute atomic E-state index is 0.428. The Balaban J connectivity index is 0.000000289. The lowest BCUT2D eigenvalue weighted by Gasteiger charge is -2.44. The number of nitriles is 1. The van der Waals surface area contributed by atoms with Crippen LogP contribution in [0.25, 0.3) is 10.9 Å². The second-order valence-electron chi connectivity index (χ2n) is 13.6. The number of hydrogen-bond donors (Lipinski definition) is 0. The topological polar surface area (TPSA) is 27.7 Å². The molecule has 65 heavy (non-hydrogen) atoms. The third kappa shape index (κ3) is 7.43. The van der Waals surface area contributed by atoms with E-state index in [1.54, 1.807) is 0 Å². The summed E-state index contributed by atoms with van der Waals surface area (Å²) in [6.45, 7) is 0.791. The summed E-state index contributed by atoms with van der Waals surface area (Å²) in [6.07, 6.45) is -6.79. The molecule has 336 valence electrons. The van der Waals surface area contributed by atoms with Gasteiger partial charge in [0.1, 0.15) is 59.1 Å².